The summed E-state index contributed by atoms with van der Waals surface area (Å²) < 4.78 is 2.98. The van der Waals surface area contributed by atoms with Gasteiger partial charge in [-0.1, -0.05) is 71.7 Å². The third-order valence-electron chi connectivity index (χ3n) is 3.54. The van der Waals surface area contributed by atoms with Gasteiger partial charge in [0.25, 0.3) is 0 Å². The van der Waals surface area contributed by atoms with Crippen LogP contribution in [0.2, 0.25) is 0 Å². The van der Waals surface area contributed by atoms with Crippen molar-refractivity contribution in [2.75, 3.05) is 0 Å². The van der Waals surface area contributed by atoms with Gasteiger partial charge in [-0.25, -0.2) is 0 Å². The molecule has 0 N–H and O–H groups in total. The Hall–Kier alpha value is -1.14. The van der Waals surface area contributed by atoms with Crippen molar-refractivity contribution >= 4 is 71.4 Å². The highest BCUT2D eigenvalue weighted by Crippen LogP contribution is 2.32. The van der Waals surface area contributed by atoms with E-state index < -0.39 is 0 Å². The van der Waals surface area contributed by atoms with Gasteiger partial charge in [0.2, 0.25) is 0 Å². The molecule has 0 atom stereocenters. The smallest absolute Gasteiger partial charge is 0.199 e. The number of rotatable bonds is 5. The minimum Gasteiger partial charge on any atom is -0.288 e. The molecular formula is C21H13Br3OS. The second-order valence-corrected chi connectivity index (χ2v) is 9.31. The first-order chi connectivity index (χ1) is 12.5. The monoisotopic (exact) mass is 550 g/mol. The average molecular weight is 553 g/mol. The van der Waals surface area contributed by atoms with Gasteiger partial charge in [0.05, 0.1) is 4.91 Å². The van der Waals surface area contributed by atoms with E-state index >= 15 is 0 Å². The molecule has 3 aromatic rings. The third-order valence-corrected chi connectivity index (χ3v) is 6.16. The van der Waals surface area contributed by atoms with Crippen molar-refractivity contribution in [2.45, 2.75) is 4.90 Å². The number of halogens is 3. The minimum atomic E-state index is 0.00772. The first-order valence-corrected chi connectivity index (χ1v) is 10.9. The van der Waals surface area contributed by atoms with Gasteiger partial charge in [0.15, 0.2) is 5.78 Å². The molecule has 0 spiro atoms. The molecule has 3 aromatic carbocycles. The van der Waals surface area contributed by atoms with Gasteiger partial charge in [-0.3, -0.25) is 4.79 Å². The summed E-state index contributed by atoms with van der Waals surface area (Å²) in [5.74, 6) is 0.00772. The van der Waals surface area contributed by atoms with Gasteiger partial charge in [0.1, 0.15) is 0 Å². The van der Waals surface area contributed by atoms with Crippen molar-refractivity contribution < 1.29 is 4.79 Å². The number of hydrogen-bond acceptors (Lipinski definition) is 2. The SMILES string of the molecule is O=C(C(=Cc1ccc(Br)cc1)Sc1ccc(Br)cc1)c1ccc(Br)cc1. The average Bonchev–Trinajstić information content (AvgIpc) is 2.65. The van der Waals surface area contributed by atoms with Gasteiger partial charge in [-0.05, 0) is 72.3 Å². The van der Waals surface area contributed by atoms with E-state index in [1.807, 2.05) is 78.9 Å². The zero-order valence-electron chi connectivity index (χ0n) is 13.5. The van der Waals surface area contributed by atoms with Crippen LogP contribution in [0.25, 0.3) is 6.08 Å². The Morgan fingerprint density at radius 1 is 0.692 bits per heavy atom. The molecule has 0 bridgehead atoms. The van der Waals surface area contributed by atoms with Crippen LogP contribution in [0.3, 0.4) is 0 Å². The number of benzene rings is 3. The fraction of sp³-hybridized carbons (Fsp3) is 0. The summed E-state index contributed by atoms with van der Waals surface area (Å²) in [5, 5.41) is 0. The number of allylic oxidation sites excluding steroid dienone is 1. The quantitative estimate of drug-likeness (QED) is 0.181. The van der Waals surface area contributed by atoms with Gasteiger partial charge < -0.3 is 0 Å². The molecule has 0 radical (unpaired) electrons. The maximum atomic E-state index is 13.1. The Morgan fingerprint density at radius 3 is 1.69 bits per heavy atom. The summed E-state index contributed by atoms with van der Waals surface area (Å²) in [5.41, 5.74) is 1.65. The number of Topliss-reactive ketones (excluding diaryl/α,β-unsaturated/α-hetero) is 1. The predicted molar refractivity (Wildman–Crippen MR) is 121 cm³/mol. The lowest BCUT2D eigenvalue weighted by Crippen LogP contribution is -2.01. The Morgan fingerprint density at radius 2 is 1.15 bits per heavy atom. The highest BCUT2D eigenvalue weighted by molar-refractivity contribution is 9.11. The molecule has 0 aromatic heterocycles. The summed E-state index contributed by atoms with van der Waals surface area (Å²) in [7, 11) is 0. The predicted octanol–water partition coefficient (Wildman–Crippen LogP) is 7.99. The standard InChI is InChI=1S/C21H13Br3OS/c22-16-5-1-14(2-6-16)13-20(26-19-11-9-18(24)10-12-19)21(25)15-3-7-17(23)8-4-15/h1-13H. The molecule has 0 unspecified atom stereocenters. The molecule has 0 aliphatic rings. The molecule has 0 aliphatic carbocycles. The fourth-order valence-electron chi connectivity index (χ4n) is 2.22. The molecule has 130 valence electrons. The van der Waals surface area contributed by atoms with Crippen molar-refractivity contribution in [3.8, 4) is 0 Å². The van der Waals surface area contributed by atoms with Crippen LogP contribution in [0.5, 0.6) is 0 Å². The maximum absolute atomic E-state index is 13.1. The molecule has 1 nitrogen and oxygen atoms in total. The second-order valence-electron chi connectivity index (χ2n) is 5.45. The van der Waals surface area contributed by atoms with E-state index in [4.69, 9.17) is 0 Å². The van der Waals surface area contributed by atoms with Crippen molar-refractivity contribution in [1.82, 2.24) is 0 Å². The van der Waals surface area contributed by atoms with Crippen LogP contribution in [0, 0.1) is 0 Å². The van der Waals surface area contributed by atoms with E-state index in [9.17, 15) is 4.79 Å². The minimum absolute atomic E-state index is 0.00772. The van der Waals surface area contributed by atoms with Crippen molar-refractivity contribution in [3.05, 3.63) is 102 Å². The van der Waals surface area contributed by atoms with Crippen LogP contribution in [-0.4, -0.2) is 5.78 Å². The molecule has 0 heterocycles. The van der Waals surface area contributed by atoms with E-state index in [2.05, 4.69) is 47.8 Å². The van der Waals surface area contributed by atoms with E-state index in [1.165, 1.54) is 11.8 Å². The molecule has 5 heteroatoms. The largest absolute Gasteiger partial charge is 0.288 e. The Balaban J connectivity index is 1.97. The summed E-state index contributed by atoms with van der Waals surface area (Å²) in [6.07, 6.45) is 1.93. The summed E-state index contributed by atoms with van der Waals surface area (Å²) in [6.45, 7) is 0. The van der Waals surface area contributed by atoms with Crippen LogP contribution in [0.4, 0.5) is 0 Å². The number of ketones is 1. The van der Waals surface area contributed by atoms with Gasteiger partial charge in [-0.2, -0.15) is 0 Å². The Labute approximate surface area is 182 Å². The number of carbonyl (C=O) groups excluding carboxylic acids is 1. The van der Waals surface area contributed by atoms with Crippen LogP contribution in [0.1, 0.15) is 15.9 Å². The van der Waals surface area contributed by atoms with Crippen molar-refractivity contribution in [3.63, 3.8) is 0 Å². The van der Waals surface area contributed by atoms with E-state index in [0.717, 1.165) is 23.9 Å². The molecule has 26 heavy (non-hydrogen) atoms. The number of thioether (sulfide) groups is 1. The number of hydrogen-bond donors (Lipinski definition) is 0. The first kappa shape index (κ1) is 19.6. The zero-order valence-corrected chi connectivity index (χ0v) is 19.0. The normalized spacial score (nSPS) is 11.4. The molecular weight excluding hydrogens is 540 g/mol. The molecule has 3 rings (SSSR count). The van der Waals surface area contributed by atoms with Crippen LogP contribution in [-0.2, 0) is 0 Å². The lowest BCUT2D eigenvalue weighted by Gasteiger charge is -2.08. The molecule has 0 aliphatic heterocycles. The topological polar surface area (TPSA) is 17.1 Å². The van der Waals surface area contributed by atoms with E-state index in [-0.39, 0.29) is 5.78 Å². The van der Waals surface area contributed by atoms with Gasteiger partial charge in [0, 0.05) is 23.9 Å². The highest BCUT2D eigenvalue weighted by Gasteiger charge is 2.14. The number of carbonyl (C=O) groups is 1. The first-order valence-electron chi connectivity index (χ1n) is 7.72. The highest BCUT2D eigenvalue weighted by atomic mass is 79.9. The maximum Gasteiger partial charge on any atom is 0.199 e. The summed E-state index contributed by atoms with van der Waals surface area (Å²) >= 11 is 11.8. The molecule has 0 saturated carbocycles. The lowest BCUT2D eigenvalue weighted by molar-refractivity contribution is 0.104. The lowest BCUT2D eigenvalue weighted by atomic mass is 10.1. The molecule has 0 saturated heterocycles. The van der Waals surface area contributed by atoms with E-state index in [0.29, 0.717) is 10.5 Å². The Bertz CT molecular complexity index is 931. The van der Waals surface area contributed by atoms with Gasteiger partial charge >= 0.3 is 0 Å². The fourth-order valence-corrected chi connectivity index (χ4v) is 3.95. The second kappa shape index (κ2) is 9.18. The molecule has 0 fully saturated rings. The van der Waals surface area contributed by atoms with Crippen LogP contribution < -0.4 is 0 Å². The zero-order chi connectivity index (χ0) is 18.5. The summed E-state index contributed by atoms with van der Waals surface area (Å²) in [4.78, 5) is 14.8. The van der Waals surface area contributed by atoms with Crippen molar-refractivity contribution in [1.29, 1.82) is 0 Å². The Kier molecular flexibility index (Phi) is 6.92. The van der Waals surface area contributed by atoms with Gasteiger partial charge in [-0.15, -0.1) is 0 Å². The third kappa shape index (κ3) is 5.43. The van der Waals surface area contributed by atoms with Crippen molar-refractivity contribution in [2.24, 2.45) is 0 Å². The van der Waals surface area contributed by atoms with Crippen LogP contribution >= 0.6 is 59.6 Å². The summed E-state index contributed by atoms with van der Waals surface area (Å²) in [6, 6.07) is 23.3. The molecule has 0 amide bonds. The van der Waals surface area contributed by atoms with Crippen LogP contribution in [0.15, 0.2) is 96.0 Å². The van der Waals surface area contributed by atoms with E-state index in [1.54, 1.807) is 0 Å².